The summed E-state index contributed by atoms with van der Waals surface area (Å²) in [6.07, 6.45) is 3.78. The average Bonchev–Trinajstić information content (AvgIpc) is 2.91. The van der Waals surface area contributed by atoms with Crippen LogP contribution >= 0.6 is 11.3 Å². The molecule has 0 N–H and O–H groups in total. The number of carbonyl (C=O) groups is 1. The maximum absolute atomic E-state index is 11.7. The lowest BCUT2D eigenvalue weighted by Gasteiger charge is -2.71. The van der Waals surface area contributed by atoms with Gasteiger partial charge in [-0.3, -0.25) is 0 Å². The maximum atomic E-state index is 11.7. The predicted molar refractivity (Wildman–Crippen MR) is 83.9 cm³/mol. The van der Waals surface area contributed by atoms with Crippen molar-refractivity contribution in [2.75, 3.05) is 6.61 Å². The molecule has 0 aliphatic heterocycles. The third-order valence-corrected chi connectivity index (χ3v) is 5.86. The van der Waals surface area contributed by atoms with Gasteiger partial charge < -0.3 is 4.74 Å². The van der Waals surface area contributed by atoms with E-state index in [-0.39, 0.29) is 5.97 Å². The van der Waals surface area contributed by atoms with Crippen molar-refractivity contribution in [2.24, 2.45) is 0 Å². The minimum atomic E-state index is -0.226. The van der Waals surface area contributed by atoms with Crippen LogP contribution in [0.3, 0.4) is 0 Å². The Kier molecular flexibility index (Phi) is 2.77. The Morgan fingerprint density at radius 1 is 1.10 bits per heavy atom. The first-order valence-electron chi connectivity index (χ1n) is 7.48. The summed E-state index contributed by atoms with van der Waals surface area (Å²) in [6.45, 7) is 2.26. The first kappa shape index (κ1) is 13.1. The van der Waals surface area contributed by atoms with Gasteiger partial charge in [-0.15, -0.1) is 0 Å². The number of hydrogen-bond donors (Lipinski definition) is 0. The molecule has 3 fully saturated rings. The second-order valence-corrected chi connectivity index (χ2v) is 7.18. The van der Waals surface area contributed by atoms with E-state index >= 15 is 0 Å². The largest absolute Gasteiger partial charge is 0.462 e. The van der Waals surface area contributed by atoms with Crippen LogP contribution in [-0.2, 0) is 15.6 Å². The van der Waals surface area contributed by atoms with Crippen LogP contribution in [0.1, 0.15) is 47.7 Å². The zero-order valence-electron chi connectivity index (χ0n) is 12.1. The molecule has 3 aliphatic rings. The molecular formula is C18H18O2S. The van der Waals surface area contributed by atoms with Crippen molar-refractivity contribution in [3.8, 4) is 0 Å². The molecule has 3 heteroatoms. The van der Waals surface area contributed by atoms with Crippen LogP contribution in [0.5, 0.6) is 0 Å². The molecular weight excluding hydrogens is 280 g/mol. The van der Waals surface area contributed by atoms with Crippen LogP contribution in [0.4, 0.5) is 0 Å². The van der Waals surface area contributed by atoms with Gasteiger partial charge >= 0.3 is 5.97 Å². The van der Waals surface area contributed by atoms with E-state index < -0.39 is 0 Å². The predicted octanol–water partition coefficient (Wildman–Crippen LogP) is 4.30. The Bertz CT molecular complexity index is 650. The van der Waals surface area contributed by atoms with E-state index in [0.717, 1.165) is 0 Å². The summed E-state index contributed by atoms with van der Waals surface area (Å²) >= 11 is 1.79. The minimum Gasteiger partial charge on any atom is -0.462 e. The van der Waals surface area contributed by atoms with Crippen molar-refractivity contribution in [3.05, 3.63) is 57.8 Å². The zero-order valence-corrected chi connectivity index (χ0v) is 12.9. The highest BCUT2D eigenvalue weighted by Gasteiger charge is 2.68. The highest BCUT2D eigenvalue weighted by Crippen LogP contribution is 2.74. The van der Waals surface area contributed by atoms with Gasteiger partial charge in [-0.05, 0) is 77.1 Å². The summed E-state index contributed by atoms with van der Waals surface area (Å²) in [5.74, 6) is -0.226. The molecule has 0 atom stereocenters. The summed E-state index contributed by atoms with van der Waals surface area (Å²) < 4.78 is 5.03. The molecule has 5 rings (SSSR count). The van der Waals surface area contributed by atoms with Crippen LogP contribution < -0.4 is 0 Å². The van der Waals surface area contributed by atoms with Gasteiger partial charge in [0.15, 0.2) is 0 Å². The number of ether oxygens (including phenoxy) is 1. The number of hydrogen-bond acceptors (Lipinski definition) is 3. The molecule has 0 radical (unpaired) electrons. The SMILES string of the molecule is CCOC(=O)c1ccc(C23CC(c4ccsc4)(C2)C3)cc1. The molecule has 1 heterocycles. The van der Waals surface area contributed by atoms with Crippen LogP contribution in [0.2, 0.25) is 0 Å². The first-order chi connectivity index (χ1) is 10.2. The Hall–Kier alpha value is -1.61. The van der Waals surface area contributed by atoms with Gasteiger partial charge in [0, 0.05) is 0 Å². The molecule has 1 aromatic heterocycles. The molecule has 0 saturated heterocycles. The molecule has 3 saturated carbocycles. The minimum absolute atomic E-state index is 0.226. The quantitative estimate of drug-likeness (QED) is 0.787. The number of esters is 1. The molecule has 0 amide bonds. The second-order valence-electron chi connectivity index (χ2n) is 6.40. The van der Waals surface area contributed by atoms with Gasteiger partial charge in [0.25, 0.3) is 0 Å². The number of rotatable bonds is 4. The summed E-state index contributed by atoms with van der Waals surface area (Å²) in [5, 5.41) is 4.48. The van der Waals surface area contributed by atoms with E-state index in [1.54, 1.807) is 11.3 Å². The van der Waals surface area contributed by atoms with Crippen molar-refractivity contribution >= 4 is 17.3 Å². The van der Waals surface area contributed by atoms with E-state index in [1.807, 2.05) is 19.1 Å². The third kappa shape index (κ3) is 1.80. The van der Waals surface area contributed by atoms with Crippen molar-refractivity contribution in [1.29, 1.82) is 0 Å². The van der Waals surface area contributed by atoms with Crippen molar-refractivity contribution in [3.63, 3.8) is 0 Å². The fourth-order valence-electron chi connectivity index (χ4n) is 4.14. The second kappa shape index (κ2) is 4.44. The van der Waals surface area contributed by atoms with Crippen molar-refractivity contribution in [2.45, 2.75) is 37.0 Å². The summed E-state index contributed by atoms with van der Waals surface area (Å²) in [7, 11) is 0. The van der Waals surface area contributed by atoms with Crippen LogP contribution in [0.15, 0.2) is 41.1 Å². The van der Waals surface area contributed by atoms with Crippen LogP contribution in [-0.4, -0.2) is 12.6 Å². The topological polar surface area (TPSA) is 26.3 Å². The molecule has 2 nitrogen and oxygen atoms in total. The molecule has 108 valence electrons. The zero-order chi connectivity index (χ0) is 14.5. The molecule has 3 aliphatic carbocycles. The van der Waals surface area contributed by atoms with Gasteiger partial charge in [-0.2, -0.15) is 11.3 Å². The molecule has 21 heavy (non-hydrogen) atoms. The fourth-order valence-corrected chi connectivity index (χ4v) is 4.92. The van der Waals surface area contributed by atoms with Crippen LogP contribution in [0.25, 0.3) is 0 Å². The van der Waals surface area contributed by atoms with Gasteiger partial charge in [0.05, 0.1) is 12.2 Å². The highest BCUT2D eigenvalue weighted by atomic mass is 32.1. The molecule has 0 unspecified atom stereocenters. The lowest BCUT2D eigenvalue weighted by atomic mass is 9.32. The molecule has 1 aromatic carbocycles. The van der Waals surface area contributed by atoms with Gasteiger partial charge in [0.2, 0.25) is 0 Å². The number of thiophene rings is 1. The van der Waals surface area contributed by atoms with Crippen molar-refractivity contribution < 1.29 is 9.53 Å². The lowest BCUT2D eigenvalue weighted by molar-refractivity contribution is -0.0690. The highest BCUT2D eigenvalue weighted by molar-refractivity contribution is 7.08. The molecule has 2 bridgehead atoms. The van der Waals surface area contributed by atoms with E-state index in [2.05, 4.69) is 29.0 Å². The standard InChI is InChI=1S/C18H18O2S/c1-2-20-16(19)13-3-5-14(6-4-13)17-10-18(11-17,12-17)15-7-8-21-9-15/h3-9H,2,10-12H2,1H3. The normalized spacial score (nSPS) is 29.4. The van der Waals surface area contributed by atoms with E-state index in [0.29, 0.717) is 23.0 Å². The molecule has 2 aromatic rings. The Morgan fingerprint density at radius 2 is 1.76 bits per heavy atom. The summed E-state index contributed by atoms with van der Waals surface area (Å²) in [5.41, 5.74) is 4.39. The Labute approximate surface area is 128 Å². The Morgan fingerprint density at radius 3 is 2.33 bits per heavy atom. The third-order valence-electron chi connectivity index (χ3n) is 5.17. The number of carbonyl (C=O) groups excluding carboxylic acids is 1. The molecule has 0 spiro atoms. The van der Waals surface area contributed by atoms with Crippen LogP contribution in [0, 0.1) is 0 Å². The van der Waals surface area contributed by atoms with E-state index in [9.17, 15) is 4.79 Å². The maximum Gasteiger partial charge on any atom is 0.338 e. The average molecular weight is 298 g/mol. The fraction of sp³-hybridized carbons (Fsp3) is 0.389. The van der Waals surface area contributed by atoms with Gasteiger partial charge in [-0.25, -0.2) is 4.79 Å². The summed E-state index contributed by atoms with van der Waals surface area (Å²) in [6, 6.07) is 10.3. The first-order valence-corrected chi connectivity index (χ1v) is 8.42. The van der Waals surface area contributed by atoms with Gasteiger partial charge in [0.1, 0.15) is 0 Å². The Balaban J connectivity index is 1.49. The van der Waals surface area contributed by atoms with Gasteiger partial charge in [-0.1, -0.05) is 12.1 Å². The summed E-state index contributed by atoms with van der Waals surface area (Å²) in [4.78, 5) is 11.7. The lowest BCUT2D eigenvalue weighted by Crippen LogP contribution is -2.67. The van der Waals surface area contributed by atoms with E-state index in [1.165, 1.54) is 30.4 Å². The van der Waals surface area contributed by atoms with E-state index in [4.69, 9.17) is 4.74 Å². The monoisotopic (exact) mass is 298 g/mol. The smallest absolute Gasteiger partial charge is 0.338 e. The van der Waals surface area contributed by atoms with Crippen molar-refractivity contribution in [1.82, 2.24) is 0 Å². The number of benzene rings is 1.